The molecular formula is C12H12F2N2O3. The van der Waals surface area contributed by atoms with Gasteiger partial charge in [0.05, 0.1) is 12.1 Å². The second-order valence-electron chi connectivity index (χ2n) is 3.65. The monoisotopic (exact) mass is 270 g/mol. The molecule has 19 heavy (non-hydrogen) atoms. The van der Waals surface area contributed by atoms with Crippen molar-refractivity contribution in [2.24, 2.45) is 0 Å². The van der Waals surface area contributed by atoms with Gasteiger partial charge in [0, 0.05) is 6.42 Å². The van der Waals surface area contributed by atoms with Crippen LogP contribution in [-0.4, -0.2) is 17.8 Å². The summed E-state index contributed by atoms with van der Waals surface area (Å²) in [5.41, 5.74) is 0.583. The Hall–Kier alpha value is -2.36. The Morgan fingerprint density at radius 1 is 1.42 bits per heavy atom. The highest BCUT2D eigenvalue weighted by molar-refractivity contribution is 5.65. The number of nitrogens with zero attached hydrogens (tertiary/aromatic N) is 1. The molecule has 0 radical (unpaired) electrons. The van der Waals surface area contributed by atoms with Crippen molar-refractivity contribution >= 4 is 6.09 Å². The number of alkyl halides is 2. The Morgan fingerprint density at radius 3 is 2.53 bits per heavy atom. The maximum Gasteiger partial charge on any atom is 0.405 e. The maximum absolute atomic E-state index is 12.0. The third-order valence-corrected chi connectivity index (χ3v) is 2.35. The van der Waals surface area contributed by atoms with Crippen LogP contribution in [0.25, 0.3) is 0 Å². The van der Waals surface area contributed by atoms with Gasteiger partial charge in [-0.15, -0.1) is 0 Å². The van der Waals surface area contributed by atoms with Crippen molar-refractivity contribution in [3.63, 3.8) is 0 Å². The lowest BCUT2D eigenvalue weighted by Crippen LogP contribution is -2.26. The molecule has 0 fully saturated rings. The van der Waals surface area contributed by atoms with Crippen LogP contribution < -0.4 is 10.1 Å². The Morgan fingerprint density at radius 2 is 2.05 bits per heavy atom. The van der Waals surface area contributed by atoms with Crippen molar-refractivity contribution in [1.29, 1.82) is 5.26 Å². The summed E-state index contributed by atoms with van der Waals surface area (Å²) >= 11 is 0. The van der Waals surface area contributed by atoms with E-state index in [0.717, 1.165) is 0 Å². The van der Waals surface area contributed by atoms with E-state index in [0.29, 0.717) is 12.0 Å². The lowest BCUT2D eigenvalue weighted by atomic mass is 10.0. The first-order valence-electron chi connectivity index (χ1n) is 5.44. The summed E-state index contributed by atoms with van der Waals surface area (Å²) in [5.74, 6) is -0.00638. The number of hydrogen-bond donors (Lipinski definition) is 2. The summed E-state index contributed by atoms with van der Waals surface area (Å²) in [7, 11) is 0. The molecule has 1 aromatic rings. The molecule has 0 spiro atoms. The quantitative estimate of drug-likeness (QED) is 0.832. The van der Waals surface area contributed by atoms with Crippen molar-refractivity contribution in [1.82, 2.24) is 5.32 Å². The van der Waals surface area contributed by atoms with Crippen molar-refractivity contribution in [3.8, 4) is 11.8 Å². The van der Waals surface area contributed by atoms with Gasteiger partial charge in [0.25, 0.3) is 0 Å². The molecule has 1 atom stereocenters. The molecule has 0 bridgehead atoms. The van der Waals surface area contributed by atoms with Gasteiger partial charge in [0.2, 0.25) is 0 Å². The topological polar surface area (TPSA) is 82.4 Å². The second kappa shape index (κ2) is 7.16. The van der Waals surface area contributed by atoms with Crippen molar-refractivity contribution in [3.05, 3.63) is 29.8 Å². The van der Waals surface area contributed by atoms with Crippen LogP contribution in [0.4, 0.5) is 13.6 Å². The number of nitriles is 1. The van der Waals surface area contributed by atoms with E-state index in [-0.39, 0.29) is 12.2 Å². The zero-order valence-corrected chi connectivity index (χ0v) is 9.85. The number of carbonyl (C=O) groups is 1. The van der Waals surface area contributed by atoms with Crippen LogP contribution in [0.3, 0.4) is 0 Å². The molecule has 1 amide bonds. The molecular weight excluding hydrogens is 258 g/mol. The molecule has 0 aliphatic heterocycles. The van der Waals surface area contributed by atoms with Gasteiger partial charge in [0.1, 0.15) is 5.75 Å². The largest absolute Gasteiger partial charge is 0.465 e. The Kier molecular flexibility index (Phi) is 5.54. The predicted molar refractivity (Wildman–Crippen MR) is 61.8 cm³/mol. The van der Waals surface area contributed by atoms with Gasteiger partial charge in [-0.05, 0) is 24.1 Å². The normalized spacial score (nSPS) is 11.7. The van der Waals surface area contributed by atoms with E-state index >= 15 is 0 Å². The minimum absolute atomic E-state index is 0.00638. The molecule has 0 aliphatic carbocycles. The molecule has 7 heteroatoms. The average molecular weight is 270 g/mol. The van der Waals surface area contributed by atoms with Gasteiger partial charge in [-0.2, -0.15) is 14.0 Å². The molecule has 0 aliphatic rings. The summed E-state index contributed by atoms with van der Waals surface area (Å²) in [5, 5.41) is 19.5. The molecule has 0 heterocycles. The third-order valence-electron chi connectivity index (χ3n) is 2.35. The Balaban J connectivity index is 2.78. The maximum atomic E-state index is 12.0. The fourth-order valence-electron chi connectivity index (χ4n) is 1.56. The number of carboxylic acid groups (broad SMARTS) is 1. The summed E-state index contributed by atoms with van der Waals surface area (Å²) in [6.07, 6.45) is -0.728. The van der Waals surface area contributed by atoms with Gasteiger partial charge in [-0.3, -0.25) is 0 Å². The lowest BCUT2D eigenvalue weighted by molar-refractivity contribution is -0.0498. The van der Waals surface area contributed by atoms with Crippen molar-refractivity contribution < 1.29 is 23.4 Å². The van der Waals surface area contributed by atoms with E-state index in [9.17, 15) is 13.6 Å². The van der Waals surface area contributed by atoms with E-state index in [1.54, 1.807) is 0 Å². The van der Waals surface area contributed by atoms with E-state index in [2.05, 4.69) is 10.1 Å². The van der Waals surface area contributed by atoms with Crippen LogP contribution >= 0.6 is 0 Å². The minimum atomic E-state index is -2.91. The van der Waals surface area contributed by atoms with Crippen molar-refractivity contribution in [2.75, 3.05) is 0 Å². The molecule has 0 saturated carbocycles. The molecule has 5 nitrogen and oxygen atoms in total. The molecule has 1 unspecified atom stereocenters. The van der Waals surface area contributed by atoms with Crippen molar-refractivity contribution in [2.45, 2.75) is 25.5 Å². The molecule has 1 aromatic carbocycles. The highest BCUT2D eigenvalue weighted by atomic mass is 19.3. The smallest absolute Gasteiger partial charge is 0.405 e. The highest BCUT2D eigenvalue weighted by Gasteiger charge is 2.14. The number of ether oxygens (including phenoxy) is 1. The molecule has 2 N–H and O–H groups in total. The van der Waals surface area contributed by atoms with Crippen LogP contribution in [0.1, 0.15) is 24.4 Å². The number of amides is 1. The first-order chi connectivity index (χ1) is 9.02. The van der Waals surface area contributed by atoms with E-state index in [1.807, 2.05) is 6.07 Å². The van der Waals surface area contributed by atoms with E-state index < -0.39 is 18.7 Å². The average Bonchev–Trinajstić information content (AvgIpc) is 2.34. The first kappa shape index (κ1) is 14.7. The number of halogens is 2. The van der Waals surface area contributed by atoms with Gasteiger partial charge in [-0.1, -0.05) is 12.1 Å². The zero-order chi connectivity index (χ0) is 14.3. The predicted octanol–water partition coefficient (Wildman–Crippen LogP) is 2.90. The summed E-state index contributed by atoms with van der Waals surface area (Å²) in [6.45, 7) is -2.91. The summed E-state index contributed by atoms with van der Waals surface area (Å²) < 4.78 is 28.1. The second-order valence-corrected chi connectivity index (χ2v) is 3.65. The summed E-state index contributed by atoms with van der Waals surface area (Å²) in [6, 6.07) is 6.98. The van der Waals surface area contributed by atoms with Crippen LogP contribution in [0.15, 0.2) is 24.3 Å². The number of benzene rings is 1. The SMILES string of the molecule is N#CCCC(NC(=O)O)c1ccc(OC(F)F)cc1. The van der Waals surface area contributed by atoms with Gasteiger partial charge in [-0.25, -0.2) is 4.79 Å². The van der Waals surface area contributed by atoms with Crippen LogP contribution in [-0.2, 0) is 0 Å². The molecule has 1 rings (SSSR count). The first-order valence-corrected chi connectivity index (χ1v) is 5.44. The fourth-order valence-corrected chi connectivity index (χ4v) is 1.56. The Bertz CT molecular complexity index is 457. The molecule has 102 valence electrons. The minimum Gasteiger partial charge on any atom is -0.465 e. The van der Waals surface area contributed by atoms with Crippen LogP contribution in [0.5, 0.6) is 5.75 Å². The number of nitrogens with one attached hydrogen (secondary N) is 1. The lowest BCUT2D eigenvalue weighted by Gasteiger charge is -2.16. The third kappa shape index (κ3) is 5.21. The van der Waals surface area contributed by atoms with Crippen LogP contribution in [0.2, 0.25) is 0 Å². The molecule has 0 saturated heterocycles. The highest BCUT2D eigenvalue weighted by Crippen LogP contribution is 2.22. The Labute approximate surface area is 108 Å². The number of rotatable bonds is 6. The fraction of sp³-hybridized carbons (Fsp3) is 0.333. The standard InChI is InChI=1S/C12H12F2N2O3/c13-11(14)19-9-5-3-8(4-6-9)10(2-1-7-15)16-12(17)18/h3-6,10-11,16H,1-2H2,(H,17,18). The number of hydrogen-bond acceptors (Lipinski definition) is 3. The van der Waals surface area contributed by atoms with Gasteiger partial charge >= 0.3 is 12.7 Å². The van der Waals surface area contributed by atoms with E-state index in [1.165, 1.54) is 24.3 Å². The zero-order valence-electron chi connectivity index (χ0n) is 9.85. The van der Waals surface area contributed by atoms with Gasteiger partial charge in [0.15, 0.2) is 0 Å². The van der Waals surface area contributed by atoms with Crippen LogP contribution in [0, 0.1) is 11.3 Å². The molecule has 0 aromatic heterocycles. The van der Waals surface area contributed by atoms with E-state index in [4.69, 9.17) is 10.4 Å². The van der Waals surface area contributed by atoms with Gasteiger partial charge < -0.3 is 15.2 Å². The summed E-state index contributed by atoms with van der Waals surface area (Å²) in [4.78, 5) is 10.6.